The maximum absolute atomic E-state index is 5.64. The summed E-state index contributed by atoms with van der Waals surface area (Å²) in [5.41, 5.74) is 5.64. The van der Waals surface area contributed by atoms with Crippen molar-refractivity contribution in [3.8, 4) is 0 Å². The normalized spacial score (nSPS) is 52.9. The molecule has 0 radical (unpaired) electrons. The van der Waals surface area contributed by atoms with Crippen molar-refractivity contribution < 1.29 is 4.74 Å². The lowest BCUT2D eigenvalue weighted by atomic mass is 9.78. The molecule has 2 heteroatoms. The molecule has 0 aromatic rings. The molecule has 0 aromatic carbocycles. The zero-order valence-corrected chi connectivity index (χ0v) is 4.84. The summed E-state index contributed by atoms with van der Waals surface area (Å²) in [7, 11) is 0. The van der Waals surface area contributed by atoms with Gasteiger partial charge in [0.15, 0.2) is 0 Å². The van der Waals surface area contributed by atoms with Gasteiger partial charge in [0, 0.05) is 12.6 Å². The molecular weight excluding hydrogens is 102 g/mol. The highest BCUT2D eigenvalue weighted by Gasteiger charge is 2.42. The van der Waals surface area contributed by atoms with Crippen molar-refractivity contribution in [1.82, 2.24) is 0 Å². The van der Waals surface area contributed by atoms with E-state index >= 15 is 0 Å². The van der Waals surface area contributed by atoms with E-state index in [1.165, 1.54) is 12.8 Å². The summed E-state index contributed by atoms with van der Waals surface area (Å²) in [4.78, 5) is 0. The highest BCUT2D eigenvalue weighted by atomic mass is 16.5. The summed E-state index contributed by atoms with van der Waals surface area (Å²) in [6.45, 7) is 0.947. The molecule has 2 fully saturated rings. The Morgan fingerprint density at radius 2 is 2.38 bits per heavy atom. The largest absolute Gasteiger partial charge is 0.376 e. The van der Waals surface area contributed by atoms with Crippen molar-refractivity contribution in [3.05, 3.63) is 0 Å². The number of fused-ring (bicyclic) bond motifs is 1. The molecule has 2 aliphatic rings. The molecule has 0 spiro atoms. The Kier molecular flexibility index (Phi) is 0.866. The van der Waals surface area contributed by atoms with Crippen LogP contribution in [0, 0.1) is 5.92 Å². The molecular formula is C6H11NO. The van der Waals surface area contributed by atoms with Gasteiger partial charge in [0.1, 0.15) is 0 Å². The van der Waals surface area contributed by atoms with Crippen molar-refractivity contribution in [2.45, 2.75) is 25.0 Å². The molecule has 1 aliphatic carbocycles. The monoisotopic (exact) mass is 113 g/mol. The van der Waals surface area contributed by atoms with Crippen LogP contribution in [0.15, 0.2) is 0 Å². The van der Waals surface area contributed by atoms with Gasteiger partial charge in [-0.05, 0) is 18.8 Å². The van der Waals surface area contributed by atoms with Gasteiger partial charge in [-0.25, -0.2) is 0 Å². The summed E-state index contributed by atoms with van der Waals surface area (Å²) >= 11 is 0. The Bertz CT molecular complexity index is 105. The van der Waals surface area contributed by atoms with E-state index in [9.17, 15) is 0 Å². The van der Waals surface area contributed by atoms with Gasteiger partial charge >= 0.3 is 0 Å². The van der Waals surface area contributed by atoms with Crippen molar-refractivity contribution in [3.63, 3.8) is 0 Å². The first-order chi connectivity index (χ1) is 3.88. The molecule has 1 saturated carbocycles. The maximum atomic E-state index is 5.64. The second-order valence-corrected chi connectivity index (χ2v) is 2.78. The quantitative estimate of drug-likeness (QED) is 0.484. The first-order valence-electron chi connectivity index (χ1n) is 3.25. The second-order valence-electron chi connectivity index (χ2n) is 2.78. The molecule has 2 nitrogen and oxygen atoms in total. The molecule has 0 unspecified atom stereocenters. The minimum Gasteiger partial charge on any atom is -0.376 e. The Labute approximate surface area is 49.0 Å². The summed E-state index contributed by atoms with van der Waals surface area (Å²) in [6, 6.07) is 0.363. The molecule has 0 amide bonds. The molecule has 1 aliphatic heterocycles. The molecule has 46 valence electrons. The summed E-state index contributed by atoms with van der Waals surface area (Å²) in [5, 5.41) is 0. The fourth-order valence-corrected chi connectivity index (χ4v) is 1.67. The molecule has 1 heterocycles. The van der Waals surface area contributed by atoms with Gasteiger partial charge in [-0.3, -0.25) is 0 Å². The van der Waals surface area contributed by atoms with Crippen LogP contribution in [0.5, 0.6) is 0 Å². The molecule has 0 bridgehead atoms. The van der Waals surface area contributed by atoms with Gasteiger partial charge in [-0.15, -0.1) is 0 Å². The second kappa shape index (κ2) is 1.45. The fraction of sp³-hybridized carbons (Fsp3) is 1.00. The Balaban J connectivity index is 2.02. The number of hydrogen-bond donors (Lipinski definition) is 1. The third kappa shape index (κ3) is 0.446. The van der Waals surface area contributed by atoms with Crippen LogP contribution in [0.25, 0.3) is 0 Å². The van der Waals surface area contributed by atoms with Crippen LogP contribution in [0.2, 0.25) is 0 Å². The highest BCUT2D eigenvalue weighted by molar-refractivity contribution is 4.96. The van der Waals surface area contributed by atoms with Crippen LogP contribution in [-0.4, -0.2) is 18.8 Å². The first kappa shape index (κ1) is 4.77. The summed E-state index contributed by atoms with van der Waals surface area (Å²) in [6.07, 6.45) is 2.89. The summed E-state index contributed by atoms with van der Waals surface area (Å²) in [5.74, 6) is 0.824. The lowest BCUT2D eigenvalue weighted by Crippen LogP contribution is -2.49. The van der Waals surface area contributed by atoms with E-state index in [4.69, 9.17) is 10.5 Å². The van der Waals surface area contributed by atoms with E-state index in [2.05, 4.69) is 0 Å². The number of hydrogen-bond acceptors (Lipinski definition) is 2. The Morgan fingerprint density at radius 1 is 1.50 bits per heavy atom. The van der Waals surface area contributed by atoms with Gasteiger partial charge in [-0.1, -0.05) is 0 Å². The SMILES string of the molecule is N[C@H]1C[C@H]2CCO[C@H]21. The van der Waals surface area contributed by atoms with Crippen LogP contribution < -0.4 is 5.73 Å². The predicted octanol–water partition coefficient (Wildman–Crippen LogP) is 0.122. The standard InChI is InChI=1S/C6H11NO/c7-5-3-4-1-2-8-6(4)5/h4-6H,1-3,7H2/t4-,5+,6-/m1/s1. The Hall–Kier alpha value is -0.0800. The van der Waals surface area contributed by atoms with Crippen molar-refractivity contribution in [1.29, 1.82) is 0 Å². The van der Waals surface area contributed by atoms with Gasteiger partial charge in [0.2, 0.25) is 0 Å². The molecule has 2 rings (SSSR count). The van der Waals surface area contributed by atoms with Crippen LogP contribution in [0.3, 0.4) is 0 Å². The van der Waals surface area contributed by atoms with E-state index in [0.29, 0.717) is 12.1 Å². The van der Waals surface area contributed by atoms with E-state index in [1.807, 2.05) is 0 Å². The van der Waals surface area contributed by atoms with Gasteiger partial charge in [-0.2, -0.15) is 0 Å². The smallest absolute Gasteiger partial charge is 0.0755 e. The average molecular weight is 113 g/mol. The molecule has 2 N–H and O–H groups in total. The maximum Gasteiger partial charge on any atom is 0.0755 e. The van der Waals surface area contributed by atoms with E-state index < -0.39 is 0 Å². The van der Waals surface area contributed by atoms with Crippen molar-refractivity contribution in [2.75, 3.05) is 6.61 Å². The number of rotatable bonds is 0. The zero-order chi connectivity index (χ0) is 5.56. The minimum atomic E-state index is 0.363. The molecule has 1 saturated heterocycles. The number of nitrogens with two attached hydrogens (primary N) is 1. The number of ether oxygens (including phenoxy) is 1. The zero-order valence-electron chi connectivity index (χ0n) is 4.84. The lowest BCUT2D eigenvalue weighted by molar-refractivity contribution is 0.0133. The first-order valence-corrected chi connectivity index (χ1v) is 3.25. The van der Waals surface area contributed by atoms with Crippen LogP contribution in [0.4, 0.5) is 0 Å². The predicted molar refractivity (Wildman–Crippen MR) is 30.4 cm³/mol. The molecule has 0 aromatic heterocycles. The third-order valence-corrected chi connectivity index (χ3v) is 2.26. The van der Waals surface area contributed by atoms with Gasteiger partial charge < -0.3 is 10.5 Å². The van der Waals surface area contributed by atoms with Crippen molar-refractivity contribution in [2.24, 2.45) is 11.7 Å². The van der Waals surface area contributed by atoms with E-state index in [0.717, 1.165) is 12.5 Å². The lowest BCUT2D eigenvalue weighted by Gasteiger charge is -2.35. The van der Waals surface area contributed by atoms with Crippen molar-refractivity contribution >= 4 is 0 Å². The van der Waals surface area contributed by atoms with E-state index in [-0.39, 0.29) is 0 Å². The molecule has 3 atom stereocenters. The third-order valence-electron chi connectivity index (χ3n) is 2.26. The minimum absolute atomic E-state index is 0.363. The van der Waals surface area contributed by atoms with Crippen LogP contribution >= 0.6 is 0 Å². The van der Waals surface area contributed by atoms with E-state index in [1.54, 1.807) is 0 Å². The highest BCUT2D eigenvalue weighted by Crippen LogP contribution is 2.36. The summed E-state index contributed by atoms with van der Waals surface area (Å²) < 4.78 is 5.34. The topological polar surface area (TPSA) is 35.2 Å². The van der Waals surface area contributed by atoms with Gasteiger partial charge in [0.05, 0.1) is 6.10 Å². The molecule has 8 heavy (non-hydrogen) atoms. The Morgan fingerprint density at radius 3 is 2.88 bits per heavy atom. The van der Waals surface area contributed by atoms with Gasteiger partial charge in [0.25, 0.3) is 0 Å². The van der Waals surface area contributed by atoms with Crippen LogP contribution in [-0.2, 0) is 4.74 Å². The average Bonchev–Trinajstić information content (AvgIpc) is 2.09. The fourth-order valence-electron chi connectivity index (χ4n) is 1.67. The van der Waals surface area contributed by atoms with Crippen LogP contribution in [0.1, 0.15) is 12.8 Å².